The number of aliphatic hydroxyl groups excluding tert-OH is 1. The molecule has 2 atom stereocenters. The molecule has 2 aromatic carbocycles. The highest BCUT2D eigenvalue weighted by Gasteiger charge is 2.13. The molecule has 0 unspecified atom stereocenters. The van der Waals surface area contributed by atoms with Gasteiger partial charge in [0.15, 0.2) is 0 Å². The first-order chi connectivity index (χ1) is 15.2. The van der Waals surface area contributed by atoms with Crippen molar-refractivity contribution < 1.29 is 13.9 Å². The van der Waals surface area contributed by atoms with Crippen molar-refractivity contribution in [3.05, 3.63) is 92.0 Å². The summed E-state index contributed by atoms with van der Waals surface area (Å²) < 4.78 is 26.8. The van der Waals surface area contributed by atoms with Crippen LogP contribution in [0.3, 0.4) is 0 Å². The van der Waals surface area contributed by atoms with Crippen molar-refractivity contribution >= 4 is 45.0 Å². The number of benzene rings is 2. The second-order valence-corrected chi connectivity index (χ2v) is 7.63. The zero-order valence-electron chi connectivity index (χ0n) is 17.0. The van der Waals surface area contributed by atoms with Crippen LogP contribution in [0.1, 0.15) is 37.1 Å². The number of para-hydroxylation sites is 2. The number of fused-ring (bicyclic) bond motifs is 2. The number of aliphatic hydroxyl groups is 1. The van der Waals surface area contributed by atoms with Crippen molar-refractivity contribution in [2.75, 3.05) is 0 Å². The topological polar surface area (TPSA) is 94.8 Å². The van der Waals surface area contributed by atoms with Crippen LogP contribution < -0.4 is 0 Å². The number of halogens is 4. The normalized spacial score (nSPS) is 12.6. The molecule has 0 aliphatic rings. The van der Waals surface area contributed by atoms with E-state index in [9.17, 15) is 13.9 Å². The van der Waals surface area contributed by atoms with E-state index in [-0.39, 0.29) is 21.3 Å². The number of aromatic nitrogens is 2. The first-order valence-electron chi connectivity index (χ1n) is 9.44. The van der Waals surface area contributed by atoms with Crippen molar-refractivity contribution in [3.63, 3.8) is 0 Å². The highest BCUT2D eigenvalue weighted by Crippen LogP contribution is 2.29. The van der Waals surface area contributed by atoms with E-state index in [0.29, 0.717) is 21.9 Å². The van der Waals surface area contributed by atoms with E-state index in [1.165, 1.54) is 12.1 Å². The quantitative estimate of drug-likeness (QED) is 0.144. The molecular formula is C22H17Cl2F2N5O. The predicted molar refractivity (Wildman–Crippen MR) is 122 cm³/mol. The van der Waals surface area contributed by atoms with E-state index in [1.54, 1.807) is 50.2 Å². The van der Waals surface area contributed by atoms with Crippen molar-refractivity contribution in [3.8, 4) is 0 Å². The number of rotatable bonds is 3. The van der Waals surface area contributed by atoms with Crippen LogP contribution in [0, 0.1) is 11.6 Å². The van der Waals surface area contributed by atoms with E-state index in [1.807, 2.05) is 0 Å². The molecule has 0 saturated heterocycles. The maximum absolute atomic E-state index is 13.4. The molecule has 2 aromatic heterocycles. The lowest BCUT2D eigenvalue weighted by Gasteiger charge is -2.09. The summed E-state index contributed by atoms with van der Waals surface area (Å²) in [4.78, 5) is 10.6. The maximum Gasteiger partial charge on any atom is 0.149 e. The second-order valence-electron chi connectivity index (χ2n) is 6.92. The van der Waals surface area contributed by atoms with Gasteiger partial charge >= 0.3 is 0 Å². The monoisotopic (exact) mass is 475 g/mol. The van der Waals surface area contributed by atoms with Gasteiger partial charge in [-0.25, -0.2) is 18.7 Å². The smallest absolute Gasteiger partial charge is 0.149 e. The standard InChI is InChI=1S/C11H8ClFN4.C11H9ClFNO/c1-6(16-17-14)8-5-7-3-2-4-9(13)10(7)15-11(8)12;1-6(15)8-5-7-3-2-4-9(13)10(7)14-11(8)12/h2-6H,1H3;2-6,15H,1H3/t2*6-/m01/s1. The number of azide groups is 1. The molecule has 32 heavy (non-hydrogen) atoms. The Morgan fingerprint density at radius 2 is 1.38 bits per heavy atom. The highest BCUT2D eigenvalue weighted by atomic mass is 35.5. The van der Waals surface area contributed by atoms with Crippen LogP contribution in [0.25, 0.3) is 32.2 Å². The second kappa shape index (κ2) is 10.1. The lowest BCUT2D eigenvalue weighted by atomic mass is 10.1. The highest BCUT2D eigenvalue weighted by molar-refractivity contribution is 6.31. The maximum atomic E-state index is 13.4. The molecule has 2 heterocycles. The fourth-order valence-electron chi connectivity index (χ4n) is 3.04. The summed E-state index contributed by atoms with van der Waals surface area (Å²) in [6.07, 6.45) is -0.710. The van der Waals surface area contributed by atoms with Gasteiger partial charge in [0.05, 0.1) is 12.1 Å². The Labute approximate surface area is 192 Å². The van der Waals surface area contributed by atoms with Crippen LogP contribution in [-0.4, -0.2) is 15.1 Å². The largest absolute Gasteiger partial charge is 0.389 e. The molecule has 4 rings (SSSR count). The summed E-state index contributed by atoms with van der Waals surface area (Å²) in [6, 6.07) is 12.2. The minimum absolute atomic E-state index is 0.141. The average Bonchev–Trinajstić information content (AvgIpc) is 2.75. The summed E-state index contributed by atoms with van der Waals surface area (Å²) >= 11 is 11.8. The van der Waals surface area contributed by atoms with Crippen molar-refractivity contribution in [2.45, 2.75) is 26.0 Å². The van der Waals surface area contributed by atoms with Crippen LogP contribution in [0.4, 0.5) is 8.78 Å². The molecule has 0 aliphatic carbocycles. The molecule has 0 aliphatic heterocycles. The molecule has 0 radical (unpaired) electrons. The van der Waals surface area contributed by atoms with E-state index in [4.69, 9.17) is 28.7 Å². The van der Waals surface area contributed by atoms with E-state index < -0.39 is 23.8 Å². The first-order valence-corrected chi connectivity index (χ1v) is 10.2. The Morgan fingerprint density at radius 3 is 1.84 bits per heavy atom. The molecule has 164 valence electrons. The van der Waals surface area contributed by atoms with Gasteiger partial charge in [-0.1, -0.05) is 59.5 Å². The molecule has 0 amide bonds. The van der Waals surface area contributed by atoms with Crippen molar-refractivity contribution in [2.24, 2.45) is 5.11 Å². The molecule has 1 N–H and O–H groups in total. The van der Waals surface area contributed by atoms with Crippen LogP contribution in [0.5, 0.6) is 0 Å². The fraction of sp³-hybridized carbons (Fsp3) is 0.182. The summed E-state index contributed by atoms with van der Waals surface area (Å²) in [6.45, 7) is 3.29. The lowest BCUT2D eigenvalue weighted by Crippen LogP contribution is -1.96. The third-order valence-electron chi connectivity index (χ3n) is 4.68. The molecule has 0 spiro atoms. The Balaban J connectivity index is 0.000000182. The van der Waals surface area contributed by atoms with Crippen LogP contribution in [0.2, 0.25) is 10.3 Å². The minimum atomic E-state index is -0.710. The van der Waals surface area contributed by atoms with E-state index >= 15 is 0 Å². The zero-order valence-corrected chi connectivity index (χ0v) is 18.5. The van der Waals surface area contributed by atoms with Crippen LogP contribution in [0.15, 0.2) is 53.6 Å². The number of pyridine rings is 2. The third-order valence-corrected chi connectivity index (χ3v) is 5.28. The van der Waals surface area contributed by atoms with Crippen molar-refractivity contribution in [1.29, 1.82) is 0 Å². The lowest BCUT2D eigenvalue weighted by molar-refractivity contribution is 0.199. The van der Waals surface area contributed by atoms with Gasteiger partial charge in [-0.15, -0.1) is 0 Å². The summed E-state index contributed by atoms with van der Waals surface area (Å²) in [5.74, 6) is -0.834. The molecule has 10 heteroatoms. The summed E-state index contributed by atoms with van der Waals surface area (Å²) in [7, 11) is 0. The SMILES string of the molecule is C[C@@H](O)c1cc2cccc(F)c2nc1Cl.C[C@H](N=[N+]=[N-])c1cc2cccc(F)c2nc1Cl. The van der Waals surface area contributed by atoms with Gasteiger partial charge in [-0.3, -0.25) is 0 Å². The first kappa shape index (κ1) is 23.6. The molecule has 0 bridgehead atoms. The number of hydrogen-bond donors (Lipinski definition) is 1. The van der Waals surface area contributed by atoms with Gasteiger partial charge < -0.3 is 5.11 Å². The van der Waals surface area contributed by atoms with Gasteiger partial charge in [0.2, 0.25) is 0 Å². The van der Waals surface area contributed by atoms with E-state index in [2.05, 4.69) is 20.0 Å². The van der Waals surface area contributed by atoms with Crippen molar-refractivity contribution in [1.82, 2.24) is 9.97 Å². The fourth-order valence-corrected chi connectivity index (χ4v) is 3.63. The predicted octanol–water partition coefficient (Wildman–Crippen LogP) is 7.48. The van der Waals surface area contributed by atoms with Gasteiger partial charge in [0.25, 0.3) is 0 Å². The zero-order chi connectivity index (χ0) is 23.4. The Hall–Kier alpha value is -3.03. The summed E-state index contributed by atoms with van der Waals surface area (Å²) in [5.41, 5.74) is 9.92. The number of hydrogen-bond acceptors (Lipinski definition) is 4. The molecular weight excluding hydrogens is 459 g/mol. The summed E-state index contributed by atoms with van der Waals surface area (Å²) in [5, 5.41) is 14.5. The number of nitrogens with zero attached hydrogens (tertiary/aromatic N) is 5. The average molecular weight is 476 g/mol. The Kier molecular flexibility index (Phi) is 7.43. The van der Waals surface area contributed by atoms with Crippen LogP contribution >= 0.6 is 23.2 Å². The van der Waals surface area contributed by atoms with Gasteiger partial charge in [-0.05, 0) is 42.3 Å². The molecule has 4 aromatic rings. The van der Waals surface area contributed by atoms with Gasteiger partial charge in [0, 0.05) is 21.2 Å². The minimum Gasteiger partial charge on any atom is -0.389 e. The van der Waals surface area contributed by atoms with Gasteiger partial charge in [0.1, 0.15) is 33.0 Å². The Morgan fingerprint density at radius 1 is 0.906 bits per heavy atom. The Bertz CT molecular complexity index is 1340. The molecule has 0 saturated carbocycles. The van der Waals surface area contributed by atoms with E-state index in [0.717, 1.165) is 0 Å². The van der Waals surface area contributed by atoms with Crippen LogP contribution in [-0.2, 0) is 0 Å². The third kappa shape index (κ3) is 5.06. The van der Waals surface area contributed by atoms with Gasteiger partial charge in [-0.2, -0.15) is 0 Å². The molecule has 6 nitrogen and oxygen atoms in total. The molecule has 0 fully saturated rings.